The van der Waals surface area contributed by atoms with Crippen LogP contribution in [0.3, 0.4) is 0 Å². The summed E-state index contributed by atoms with van der Waals surface area (Å²) in [4.78, 5) is 11.1. The van der Waals surface area contributed by atoms with Gasteiger partial charge in [0.1, 0.15) is 0 Å². The van der Waals surface area contributed by atoms with E-state index in [9.17, 15) is 0 Å². The lowest BCUT2D eigenvalue weighted by molar-refractivity contribution is -0.134. The molecule has 0 aliphatic heterocycles. The van der Waals surface area contributed by atoms with Crippen molar-refractivity contribution >= 4 is 18.6 Å². The zero-order valence-electron chi connectivity index (χ0n) is 6.66. The van der Waals surface area contributed by atoms with Crippen molar-refractivity contribution in [2.45, 2.75) is 6.92 Å². The smallest absolute Gasteiger partial charge is 0.300 e. The number of hydrogen-bond acceptors (Lipinski definition) is 3. The van der Waals surface area contributed by atoms with E-state index in [2.05, 4.69) is 17.5 Å². The van der Waals surface area contributed by atoms with Crippen LogP contribution in [0.2, 0.25) is 0 Å². The molecule has 62 valence electrons. The monoisotopic (exact) mass is 165 g/mol. The first kappa shape index (κ1) is 12.5. The van der Waals surface area contributed by atoms with Crippen LogP contribution < -0.4 is 0 Å². The molecule has 0 amide bonds. The average molecular weight is 165 g/mol. The van der Waals surface area contributed by atoms with Crippen molar-refractivity contribution < 1.29 is 9.90 Å². The Morgan fingerprint density at radius 1 is 1.60 bits per heavy atom. The van der Waals surface area contributed by atoms with Crippen molar-refractivity contribution in [3.8, 4) is 0 Å². The van der Waals surface area contributed by atoms with Crippen molar-refractivity contribution in [1.29, 1.82) is 0 Å². The first-order chi connectivity index (χ1) is 4.50. The summed E-state index contributed by atoms with van der Waals surface area (Å²) < 4.78 is 0. The maximum atomic E-state index is 9.00. The molecule has 0 aromatic heterocycles. The molecule has 0 heterocycles. The number of hydrogen-bond donors (Lipinski definition) is 2. The van der Waals surface area contributed by atoms with Gasteiger partial charge in [0.2, 0.25) is 0 Å². The predicted octanol–water partition coefficient (Wildman–Crippen LogP) is 0.569. The molecule has 10 heavy (non-hydrogen) atoms. The summed E-state index contributed by atoms with van der Waals surface area (Å²) >= 11 is 4.02. The van der Waals surface area contributed by atoms with Gasteiger partial charge in [-0.05, 0) is 14.1 Å². The molecule has 3 nitrogen and oxygen atoms in total. The molecule has 0 saturated heterocycles. The molecule has 0 saturated carbocycles. The quantitative estimate of drug-likeness (QED) is 0.588. The highest BCUT2D eigenvalue weighted by atomic mass is 32.1. The van der Waals surface area contributed by atoms with E-state index in [1.54, 1.807) is 0 Å². The molecule has 0 aliphatic rings. The summed E-state index contributed by atoms with van der Waals surface area (Å²) in [5, 5.41) is 7.42. The fourth-order valence-corrected chi connectivity index (χ4v) is 0.600. The van der Waals surface area contributed by atoms with E-state index >= 15 is 0 Å². The van der Waals surface area contributed by atoms with Gasteiger partial charge < -0.3 is 10.0 Å². The van der Waals surface area contributed by atoms with Crippen LogP contribution >= 0.6 is 12.6 Å². The second-order valence-electron chi connectivity index (χ2n) is 2.05. The van der Waals surface area contributed by atoms with Gasteiger partial charge in [0, 0.05) is 19.2 Å². The number of rotatable bonds is 2. The highest BCUT2D eigenvalue weighted by Gasteiger charge is 1.80. The van der Waals surface area contributed by atoms with Gasteiger partial charge in [0.15, 0.2) is 0 Å². The second kappa shape index (κ2) is 8.78. The molecular weight excluding hydrogens is 150 g/mol. The van der Waals surface area contributed by atoms with Gasteiger partial charge in [-0.2, -0.15) is 12.6 Å². The zero-order chi connectivity index (χ0) is 8.57. The maximum absolute atomic E-state index is 9.00. The van der Waals surface area contributed by atoms with Gasteiger partial charge in [-0.15, -0.1) is 0 Å². The van der Waals surface area contributed by atoms with Crippen LogP contribution in [-0.2, 0) is 4.79 Å². The number of nitrogens with zero attached hydrogens (tertiary/aromatic N) is 1. The Bertz CT molecular complexity index is 81.8. The third-order valence-corrected chi connectivity index (χ3v) is 0.747. The van der Waals surface area contributed by atoms with Crippen molar-refractivity contribution in [2.75, 3.05) is 26.4 Å². The summed E-state index contributed by atoms with van der Waals surface area (Å²) in [6, 6.07) is 0. The molecule has 0 radical (unpaired) electrons. The lowest BCUT2D eigenvalue weighted by Gasteiger charge is -2.03. The lowest BCUT2D eigenvalue weighted by atomic mass is 10.7. The molecule has 0 atom stereocenters. The maximum Gasteiger partial charge on any atom is 0.300 e. The van der Waals surface area contributed by atoms with Crippen molar-refractivity contribution in [2.24, 2.45) is 0 Å². The standard InChI is InChI=1S/C4H11NS.C2H4O2/c1-5(2)3-4-6;1-2(3)4/h6H,3-4H2,1-2H3;1H3,(H,3,4). The van der Waals surface area contributed by atoms with Crippen molar-refractivity contribution in [1.82, 2.24) is 4.90 Å². The van der Waals surface area contributed by atoms with Crippen LogP contribution in [-0.4, -0.2) is 42.4 Å². The molecule has 0 aliphatic carbocycles. The lowest BCUT2D eigenvalue weighted by Crippen LogP contribution is -2.13. The van der Waals surface area contributed by atoms with Crippen molar-refractivity contribution in [3.63, 3.8) is 0 Å². The molecule has 0 spiro atoms. The Morgan fingerprint density at radius 3 is 1.90 bits per heavy atom. The van der Waals surface area contributed by atoms with Gasteiger partial charge in [-0.3, -0.25) is 4.79 Å². The number of carboxylic acids is 1. The molecule has 0 unspecified atom stereocenters. The number of carboxylic acid groups (broad SMARTS) is 1. The van der Waals surface area contributed by atoms with Crippen LogP contribution in [0, 0.1) is 0 Å². The van der Waals surface area contributed by atoms with E-state index in [1.165, 1.54) is 0 Å². The summed E-state index contributed by atoms with van der Waals surface area (Å²) in [6.45, 7) is 2.16. The predicted molar refractivity (Wildman–Crippen MR) is 45.7 cm³/mol. The van der Waals surface area contributed by atoms with E-state index in [4.69, 9.17) is 9.90 Å². The van der Waals surface area contributed by atoms with Gasteiger partial charge in [-0.25, -0.2) is 0 Å². The molecule has 4 heteroatoms. The first-order valence-corrected chi connectivity index (χ1v) is 3.59. The van der Waals surface area contributed by atoms with E-state index in [1.807, 2.05) is 14.1 Å². The van der Waals surface area contributed by atoms with E-state index in [-0.39, 0.29) is 0 Å². The minimum atomic E-state index is -0.833. The molecule has 0 rings (SSSR count). The third-order valence-electron chi connectivity index (χ3n) is 0.547. The SMILES string of the molecule is CC(=O)O.CN(C)CCS. The van der Waals surface area contributed by atoms with Crippen molar-refractivity contribution in [3.05, 3.63) is 0 Å². The fourth-order valence-electron chi connectivity index (χ4n) is 0.200. The van der Waals surface area contributed by atoms with Gasteiger partial charge in [-0.1, -0.05) is 0 Å². The Kier molecular flexibility index (Phi) is 10.9. The van der Waals surface area contributed by atoms with Crippen LogP contribution in [0.5, 0.6) is 0 Å². The normalized spacial score (nSPS) is 8.50. The molecular formula is C6H15NO2S. The first-order valence-electron chi connectivity index (χ1n) is 2.95. The fraction of sp³-hybridized carbons (Fsp3) is 0.833. The van der Waals surface area contributed by atoms with Gasteiger partial charge in [0.05, 0.1) is 0 Å². The minimum Gasteiger partial charge on any atom is -0.481 e. The highest BCUT2D eigenvalue weighted by Crippen LogP contribution is 1.74. The average Bonchev–Trinajstić information content (AvgIpc) is 1.62. The Labute approximate surface area is 67.4 Å². The van der Waals surface area contributed by atoms with Crippen LogP contribution in [0.4, 0.5) is 0 Å². The Balaban J connectivity index is 0. The van der Waals surface area contributed by atoms with E-state index in [0.717, 1.165) is 19.2 Å². The van der Waals surface area contributed by atoms with Gasteiger partial charge in [0.25, 0.3) is 5.97 Å². The molecule has 0 aromatic rings. The van der Waals surface area contributed by atoms with Gasteiger partial charge >= 0.3 is 0 Å². The Hall–Kier alpha value is -0.220. The Morgan fingerprint density at radius 2 is 1.90 bits per heavy atom. The third kappa shape index (κ3) is 46.3. The molecule has 0 aromatic carbocycles. The molecule has 1 N–H and O–H groups in total. The summed E-state index contributed by atoms with van der Waals surface area (Å²) in [5.74, 6) is 0.118. The van der Waals surface area contributed by atoms with E-state index < -0.39 is 5.97 Å². The minimum absolute atomic E-state index is 0.833. The summed E-state index contributed by atoms with van der Waals surface area (Å²) in [7, 11) is 4.08. The zero-order valence-corrected chi connectivity index (χ0v) is 7.56. The summed E-state index contributed by atoms with van der Waals surface area (Å²) in [6.07, 6.45) is 0. The summed E-state index contributed by atoms with van der Waals surface area (Å²) in [5.41, 5.74) is 0. The topological polar surface area (TPSA) is 40.5 Å². The highest BCUT2D eigenvalue weighted by molar-refractivity contribution is 7.80. The number of aliphatic carboxylic acids is 1. The largest absolute Gasteiger partial charge is 0.481 e. The second-order valence-corrected chi connectivity index (χ2v) is 2.49. The number of carbonyl (C=O) groups is 1. The molecule has 0 bridgehead atoms. The van der Waals surface area contributed by atoms with Crippen LogP contribution in [0.25, 0.3) is 0 Å². The van der Waals surface area contributed by atoms with Crippen LogP contribution in [0.15, 0.2) is 0 Å². The van der Waals surface area contributed by atoms with Crippen LogP contribution in [0.1, 0.15) is 6.92 Å². The van der Waals surface area contributed by atoms with E-state index in [0.29, 0.717) is 0 Å². The molecule has 0 fully saturated rings. The number of thiol groups is 1.